The third kappa shape index (κ3) is 1.27. The van der Waals surface area contributed by atoms with Crippen molar-refractivity contribution < 1.29 is 13.9 Å². The molecule has 0 saturated carbocycles. The first-order valence-corrected chi connectivity index (χ1v) is 5.25. The quantitative estimate of drug-likeness (QED) is 0.634. The first-order chi connectivity index (χ1) is 8.24. The molecule has 0 fully saturated rings. The van der Waals surface area contributed by atoms with Gasteiger partial charge in [-0.15, -0.1) is 0 Å². The van der Waals surface area contributed by atoms with Gasteiger partial charge in [0, 0.05) is 17.8 Å². The molecule has 17 heavy (non-hydrogen) atoms. The second-order valence-electron chi connectivity index (χ2n) is 3.93. The van der Waals surface area contributed by atoms with Crippen LogP contribution in [0.5, 0.6) is 5.75 Å². The Morgan fingerprint density at radius 3 is 2.82 bits per heavy atom. The van der Waals surface area contributed by atoms with Gasteiger partial charge in [-0.3, -0.25) is 4.79 Å². The third-order valence-corrected chi connectivity index (χ3v) is 3.02. The van der Waals surface area contributed by atoms with Crippen LogP contribution in [0.15, 0.2) is 28.7 Å². The van der Waals surface area contributed by atoms with E-state index in [2.05, 4.69) is 0 Å². The Labute approximate surface area is 97.4 Å². The fraction of sp³-hybridized carbons (Fsp3) is 0.154. The van der Waals surface area contributed by atoms with E-state index in [0.717, 1.165) is 28.4 Å². The minimum Gasteiger partial charge on any atom is -0.497 e. The fourth-order valence-electron chi connectivity index (χ4n) is 2.07. The van der Waals surface area contributed by atoms with Crippen LogP contribution in [-0.2, 0) is 7.05 Å². The number of aryl methyl sites for hydroxylation is 1. The SMILES string of the molecule is COc1ccc2oc3c(cc(C=O)n3C)c2c1. The molecule has 1 aromatic carbocycles. The van der Waals surface area contributed by atoms with Crippen molar-refractivity contribution in [2.75, 3.05) is 7.11 Å². The summed E-state index contributed by atoms with van der Waals surface area (Å²) in [4.78, 5) is 10.9. The molecule has 0 aliphatic heterocycles. The second-order valence-corrected chi connectivity index (χ2v) is 3.93. The lowest BCUT2D eigenvalue weighted by molar-refractivity contribution is 0.111. The average molecular weight is 229 g/mol. The van der Waals surface area contributed by atoms with Gasteiger partial charge in [-0.05, 0) is 24.3 Å². The van der Waals surface area contributed by atoms with Crippen molar-refractivity contribution >= 4 is 28.4 Å². The Kier molecular flexibility index (Phi) is 1.98. The maximum atomic E-state index is 10.9. The van der Waals surface area contributed by atoms with E-state index in [4.69, 9.17) is 9.15 Å². The number of carbonyl (C=O) groups is 1. The number of ether oxygens (including phenoxy) is 1. The predicted octanol–water partition coefficient (Wildman–Crippen LogP) is 2.75. The summed E-state index contributed by atoms with van der Waals surface area (Å²) in [6.07, 6.45) is 0.821. The van der Waals surface area contributed by atoms with Crippen LogP contribution in [0.1, 0.15) is 10.5 Å². The number of nitrogens with zero attached hydrogens (tertiary/aromatic N) is 1. The molecule has 4 heteroatoms. The lowest BCUT2D eigenvalue weighted by atomic mass is 10.2. The average Bonchev–Trinajstić information content (AvgIpc) is 2.86. The number of rotatable bonds is 2. The summed E-state index contributed by atoms with van der Waals surface area (Å²) in [7, 11) is 3.44. The minimum atomic E-state index is 0.600. The highest BCUT2D eigenvalue weighted by molar-refractivity contribution is 6.06. The minimum absolute atomic E-state index is 0.600. The van der Waals surface area contributed by atoms with Gasteiger partial charge in [0.2, 0.25) is 5.71 Å². The van der Waals surface area contributed by atoms with Crippen molar-refractivity contribution in [1.29, 1.82) is 0 Å². The van der Waals surface area contributed by atoms with Crippen LogP contribution in [0.25, 0.3) is 22.1 Å². The zero-order chi connectivity index (χ0) is 12.0. The topological polar surface area (TPSA) is 44.4 Å². The molecule has 0 spiro atoms. The molecule has 3 aromatic rings. The van der Waals surface area contributed by atoms with Crippen molar-refractivity contribution in [3.8, 4) is 5.75 Å². The largest absolute Gasteiger partial charge is 0.497 e. The van der Waals surface area contributed by atoms with E-state index < -0.39 is 0 Å². The molecule has 4 nitrogen and oxygen atoms in total. The van der Waals surface area contributed by atoms with Crippen LogP contribution in [0.4, 0.5) is 0 Å². The number of benzene rings is 1. The molecule has 0 unspecified atom stereocenters. The normalized spacial score (nSPS) is 11.2. The Hall–Kier alpha value is -2.23. The first-order valence-electron chi connectivity index (χ1n) is 5.25. The van der Waals surface area contributed by atoms with Crippen molar-refractivity contribution in [3.05, 3.63) is 30.0 Å². The summed E-state index contributed by atoms with van der Waals surface area (Å²) in [6, 6.07) is 7.46. The number of methoxy groups -OCH3 is 1. The van der Waals surface area contributed by atoms with Crippen LogP contribution >= 0.6 is 0 Å². The van der Waals surface area contributed by atoms with Crippen molar-refractivity contribution in [3.63, 3.8) is 0 Å². The van der Waals surface area contributed by atoms with Gasteiger partial charge in [0.15, 0.2) is 6.29 Å². The second kappa shape index (κ2) is 3.38. The van der Waals surface area contributed by atoms with Gasteiger partial charge in [0.05, 0.1) is 12.8 Å². The molecule has 0 amide bonds. The van der Waals surface area contributed by atoms with Gasteiger partial charge < -0.3 is 13.7 Å². The van der Waals surface area contributed by atoms with E-state index in [-0.39, 0.29) is 0 Å². The standard InChI is InChI=1S/C13H11NO3/c1-14-8(7-15)5-11-10-6-9(16-2)3-4-12(10)17-13(11)14/h3-7H,1-2H3. The molecule has 86 valence electrons. The molecule has 0 atom stereocenters. The summed E-state index contributed by atoms with van der Waals surface area (Å²) in [6.45, 7) is 0. The zero-order valence-corrected chi connectivity index (χ0v) is 9.56. The zero-order valence-electron chi connectivity index (χ0n) is 9.56. The Morgan fingerprint density at radius 2 is 2.12 bits per heavy atom. The molecule has 0 aliphatic carbocycles. The van der Waals surface area contributed by atoms with Crippen LogP contribution < -0.4 is 4.74 Å². The Bertz CT molecular complexity index is 721. The maximum Gasteiger partial charge on any atom is 0.208 e. The Balaban J connectivity index is 2.43. The van der Waals surface area contributed by atoms with E-state index >= 15 is 0 Å². The summed E-state index contributed by atoms with van der Waals surface area (Å²) < 4.78 is 12.6. The molecule has 3 rings (SSSR count). The molecular formula is C13H11NO3. The number of furan rings is 1. The molecule has 0 radical (unpaired) electrons. The predicted molar refractivity (Wildman–Crippen MR) is 64.6 cm³/mol. The van der Waals surface area contributed by atoms with Crippen LogP contribution in [-0.4, -0.2) is 18.0 Å². The Morgan fingerprint density at radius 1 is 1.29 bits per heavy atom. The molecule has 2 heterocycles. The van der Waals surface area contributed by atoms with Gasteiger partial charge >= 0.3 is 0 Å². The van der Waals surface area contributed by atoms with Crippen molar-refractivity contribution in [2.24, 2.45) is 7.05 Å². The molecule has 0 saturated heterocycles. The highest BCUT2D eigenvalue weighted by atomic mass is 16.5. The smallest absolute Gasteiger partial charge is 0.208 e. The van der Waals surface area contributed by atoms with Gasteiger partial charge in [-0.25, -0.2) is 0 Å². The number of hydrogen-bond donors (Lipinski definition) is 0. The molecule has 0 aliphatic rings. The van der Waals surface area contributed by atoms with Gasteiger partial charge in [-0.2, -0.15) is 0 Å². The van der Waals surface area contributed by atoms with Crippen molar-refractivity contribution in [2.45, 2.75) is 0 Å². The highest BCUT2D eigenvalue weighted by Crippen LogP contribution is 2.32. The third-order valence-electron chi connectivity index (χ3n) is 3.02. The number of hydrogen-bond acceptors (Lipinski definition) is 3. The maximum absolute atomic E-state index is 10.9. The van der Waals surface area contributed by atoms with Crippen LogP contribution in [0.2, 0.25) is 0 Å². The van der Waals surface area contributed by atoms with E-state index in [1.165, 1.54) is 0 Å². The van der Waals surface area contributed by atoms with Crippen LogP contribution in [0.3, 0.4) is 0 Å². The van der Waals surface area contributed by atoms with Crippen LogP contribution in [0, 0.1) is 0 Å². The fourth-order valence-corrected chi connectivity index (χ4v) is 2.07. The molecule has 0 N–H and O–H groups in total. The summed E-state index contributed by atoms with van der Waals surface area (Å²) >= 11 is 0. The molecular weight excluding hydrogens is 218 g/mol. The van der Waals surface area contributed by atoms with E-state index in [9.17, 15) is 4.79 Å². The summed E-state index contributed by atoms with van der Waals surface area (Å²) in [5.74, 6) is 0.775. The monoisotopic (exact) mass is 229 g/mol. The number of carbonyl (C=O) groups excluding carboxylic acids is 1. The lowest BCUT2D eigenvalue weighted by Crippen LogP contribution is -1.92. The first kappa shape index (κ1) is 9.96. The van der Waals surface area contributed by atoms with E-state index in [1.54, 1.807) is 11.7 Å². The number of aldehydes is 1. The summed E-state index contributed by atoms with van der Waals surface area (Å²) in [5, 5.41) is 1.89. The van der Waals surface area contributed by atoms with Crippen molar-refractivity contribution in [1.82, 2.24) is 4.57 Å². The lowest BCUT2D eigenvalue weighted by Gasteiger charge is -1.97. The number of aromatic nitrogens is 1. The highest BCUT2D eigenvalue weighted by Gasteiger charge is 2.13. The van der Waals surface area contributed by atoms with Gasteiger partial charge in [-0.1, -0.05) is 0 Å². The van der Waals surface area contributed by atoms with E-state index in [1.807, 2.05) is 31.3 Å². The van der Waals surface area contributed by atoms with Gasteiger partial charge in [0.25, 0.3) is 0 Å². The molecule has 0 bridgehead atoms. The molecule has 2 aromatic heterocycles. The van der Waals surface area contributed by atoms with E-state index in [0.29, 0.717) is 11.4 Å². The summed E-state index contributed by atoms with van der Waals surface area (Å²) in [5.41, 5.74) is 2.10. The van der Waals surface area contributed by atoms with Gasteiger partial charge in [0.1, 0.15) is 11.3 Å². The number of fused-ring (bicyclic) bond motifs is 3.